The van der Waals surface area contributed by atoms with E-state index in [-0.39, 0.29) is 17.2 Å². The van der Waals surface area contributed by atoms with Crippen LogP contribution in [0.15, 0.2) is 30.3 Å². The third-order valence-corrected chi connectivity index (χ3v) is 6.28. The number of benzene rings is 1. The minimum absolute atomic E-state index is 0.0511. The SMILES string of the molecule is COc1ccc(CCC(=O)N2CCN(CC(=O)c3cc(C)n(C(C)(C)C)c3C)CC2)cc1. The van der Waals surface area contributed by atoms with Gasteiger partial charge in [-0.15, -0.1) is 0 Å². The predicted molar refractivity (Wildman–Crippen MR) is 128 cm³/mol. The molecule has 0 spiro atoms. The third-order valence-electron chi connectivity index (χ3n) is 6.28. The second kappa shape index (κ2) is 9.90. The van der Waals surface area contributed by atoms with Gasteiger partial charge >= 0.3 is 0 Å². The van der Waals surface area contributed by atoms with Gasteiger partial charge in [-0.1, -0.05) is 12.1 Å². The maximum absolute atomic E-state index is 13.0. The van der Waals surface area contributed by atoms with Gasteiger partial charge in [0.25, 0.3) is 0 Å². The van der Waals surface area contributed by atoms with Gasteiger partial charge < -0.3 is 14.2 Å². The molecule has 0 radical (unpaired) electrons. The van der Waals surface area contributed by atoms with E-state index in [9.17, 15) is 9.59 Å². The molecule has 1 aliphatic heterocycles. The molecule has 6 heteroatoms. The Balaban J connectivity index is 1.49. The summed E-state index contributed by atoms with van der Waals surface area (Å²) < 4.78 is 7.41. The van der Waals surface area contributed by atoms with Crippen LogP contribution >= 0.6 is 0 Å². The number of hydrogen-bond acceptors (Lipinski definition) is 4. The van der Waals surface area contributed by atoms with Crippen LogP contribution in [0.4, 0.5) is 0 Å². The minimum Gasteiger partial charge on any atom is -0.497 e. The Kier molecular flexibility index (Phi) is 7.44. The fraction of sp³-hybridized carbons (Fsp3) is 0.538. The summed E-state index contributed by atoms with van der Waals surface area (Å²) in [7, 11) is 1.65. The van der Waals surface area contributed by atoms with Crippen molar-refractivity contribution in [1.29, 1.82) is 0 Å². The molecule has 0 N–H and O–H groups in total. The normalized spacial score (nSPS) is 15.1. The molecule has 2 heterocycles. The number of nitrogens with zero attached hydrogens (tertiary/aromatic N) is 3. The van der Waals surface area contributed by atoms with Crippen molar-refractivity contribution in [2.75, 3.05) is 39.8 Å². The molecule has 0 unspecified atom stereocenters. The average Bonchev–Trinajstić information content (AvgIpc) is 3.07. The molecule has 1 amide bonds. The molecule has 1 aromatic carbocycles. The Morgan fingerprint density at radius 1 is 1.00 bits per heavy atom. The molecule has 3 rings (SSSR count). The van der Waals surface area contributed by atoms with Crippen LogP contribution in [-0.4, -0.2) is 65.9 Å². The van der Waals surface area contributed by atoms with Crippen molar-refractivity contribution in [3.63, 3.8) is 0 Å². The van der Waals surface area contributed by atoms with E-state index in [1.807, 2.05) is 42.2 Å². The lowest BCUT2D eigenvalue weighted by molar-refractivity contribution is -0.132. The summed E-state index contributed by atoms with van der Waals surface area (Å²) in [4.78, 5) is 29.7. The average molecular weight is 440 g/mol. The molecule has 174 valence electrons. The van der Waals surface area contributed by atoms with Crippen LogP contribution in [0.3, 0.4) is 0 Å². The second-order valence-corrected chi connectivity index (χ2v) is 9.72. The molecule has 1 saturated heterocycles. The molecule has 1 aromatic heterocycles. The predicted octanol–water partition coefficient (Wildman–Crippen LogP) is 3.83. The van der Waals surface area contributed by atoms with Gasteiger partial charge in [0, 0.05) is 55.1 Å². The number of ether oxygens (including phenoxy) is 1. The van der Waals surface area contributed by atoms with Gasteiger partial charge in [-0.25, -0.2) is 0 Å². The first-order valence-corrected chi connectivity index (χ1v) is 11.5. The zero-order valence-electron chi connectivity index (χ0n) is 20.4. The van der Waals surface area contributed by atoms with Crippen LogP contribution in [0.2, 0.25) is 0 Å². The molecule has 0 bridgehead atoms. The van der Waals surface area contributed by atoms with Gasteiger partial charge in [-0.05, 0) is 64.8 Å². The van der Waals surface area contributed by atoms with Crippen molar-refractivity contribution in [3.05, 3.63) is 52.8 Å². The number of ketones is 1. The molecule has 2 aromatic rings. The van der Waals surface area contributed by atoms with Crippen LogP contribution in [0.5, 0.6) is 5.75 Å². The molecule has 1 aliphatic rings. The minimum atomic E-state index is -0.0511. The number of amides is 1. The first-order chi connectivity index (χ1) is 15.1. The summed E-state index contributed by atoms with van der Waals surface area (Å²) in [5.74, 6) is 1.17. The molecule has 32 heavy (non-hydrogen) atoms. The lowest BCUT2D eigenvalue weighted by Crippen LogP contribution is -2.50. The Morgan fingerprint density at radius 3 is 2.16 bits per heavy atom. The van der Waals surface area contributed by atoms with Gasteiger partial charge in [0.15, 0.2) is 5.78 Å². The Bertz CT molecular complexity index is 946. The summed E-state index contributed by atoms with van der Waals surface area (Å²) in [5, 5.41) is 0. The molecule has 0 aliphatic carbocycles. The number of aryl methyl sites for hydroxylation is 2. The van der Waals surface area contributed by atoms with Gasteiger partial charge in [0.1, 0.15) is 5.75 Å². The summed E-state index contributed by atoms with van der Waals surface area (Å²) in [6, 6.07) is 9.88. The van der Waals surface area contributed by atoms with Gasteiger partial charge in [0.05, 0.1) is 13.7 Å². The number of rotatable bonds is 7. The van der Waals surface area contributed by atoms with Crippen molar-refractivity contribution in [2.24, 2.45) is 0 Å². The van der Waals surface area contributed by atoms with Crippen molar-refractivity contribution in [3.8, 4) is 5.75 Å². The van der Waals surface area contributed by atoms with Gasteiger partial charge in [-0.3, -0.25) is 14.5 Å². The molecule has 1 fully saturated rings. The molecular formula is C26H37N3O3. The van der Waals surface area contributed by atoms with E-state index in [0.717, 1.165) is 47.8 Å². The maximum atomic E-state index is 13.0. The van der Waals surface area contributed by atoms with E-state index >= 15 is 0 Å². The highest BCUT2D eigenvalue weighted by molar-refractivity contribution is 5.99. The van der Waals surface area contributed by atoms with Crippen molar-refractivity contribution in [1.82, 2.24) is 14.4 Å². The van der Waals surface area contributed by atoms with Crippen LogP contribution in [0, 0.1) is 13.8 Å². The van der Waals surface area contributed by atoms with Crippen molar-refractivity contribution in [2.45, 2.75) is 53.0 Å². The lowest BCUT2D eigenvalue weighted by atomic mass is 10.1. The van der Waals surface area contributed by atoms with E-state index in [2.05, 4.69) is 37.2 Å². The number of carbonyl (C=O) groups excluding carboxylic acids is 2. The summed E-state index contributed by atoms with van der Waals surface area (Å²) >= 11 is 0. The number of carbonyl (C=O) groups is 2. The van der Waals surface area contributed by atoms with E-state index < -0.39 is 0 Å². The van der Waals surface area contributed by atoms with Crippen LogP contribution in [0.1, 0.15) is 54.5 Å². The number of aromatic nitrogens is 1. The third kappa shape index (κ3) is 5.60. The quantitative estimate of drug-likeness (QED) is 0.616. The van der Waals surface area contributed by atoms with E-state index in [0.29, 0.717) is 26.1 Å². The van der Waals surface area contributed by atoms with Crippen LogP contribution in [-0.2, 0) is 16.8 Å². The molecular weight excluding hydrogens is 402 g/mol. The van der Waals surface area contributed by atoms with Gasteiger partial charge in [-0.2, -0.15) is 0 Å². The molecule has 0 atom stereocenters. The summed E-state index contributed by atoms with van der Waals surface area (Å²) in [6.45, 7) is 13.8. The van der Waals surface area contributed by atoms with Gasteiger partial charge in [0.2, 0.25) is 5.91 Å². The largest absolute Gasteiger partial charge is 0.497 e. The molecule has 6 nitrogen and oxygen atoms in total. The Labute approximate surface area is 192 Å². The van der Waals surface area contributed by atoms with Crippen molar-refractivity contribution < 1.29 is 14.3 Å². The number of piperazine rings is 1. The number of methoxy groups -OCH3 is 1. The first kappa shape index (κ1) is 24.1. The van der Waals surface area contributed by atoms with Crippen molar-refractivity contribution >= 4 is 11.7 Å². The zero-order valence-corrected chi connectivity index (χ0v) is 20.4. The highest BCUT2D eigenvalue weighted by Gasteiger charge is 2.26. The summed E-state index contributed by atoms with van der Waals surface area (Å²) in [6.07, 6.45) is 1.23. The standard InChI is InChI=1S/C26H37N3O3/c1-19-17-23(20(2)29(19)26(3,4)5)24(30)18-27-13-15-28(16-14-27)25(31)12-9-21-7-10-22(32-6)11-8-21/h7-8,10-11,17H,9,12-16,18H2,1-6H3. The fourth-order valence-corrected chi connectivity index (χ4v) is 4.72. The maximum Gasteiger partial charge on any atom is 0.222 e. The topological polar surface area (TPSA) is 54.8 Å². The zero-order chi connectivity index (χ0) is 23.5. The molecule has 0 saturated carbocycles. The number of hydrogen-bond donors (Lipinski definition) is 0. The smallest absolute Gasteiger partial charge is 0.222 e. The van der Waals surface area contributed by atoms with E-state index in [1.54, 1.807) is 7.11 Å². The number of Topliss-reactive ketones (excluding diaryl/α,β-unsaturated/α-hetero) is 1. The Morgan fingerprint density at radius 2 is 1.62 bits per heavy atom. The first-order valence-electron chi connectivity index (χ1n) is 11.5. The lowest BCUT2D eigenvalue weighted by Gasteiger charge is -2.34. The summed E-state index contributed by atoms with van der Waals surface area (Å²) in [5.41, 5.74) is 4.05. The van der Waals surface area contributed by atoms with Crippen LogP contribution < -0.4 is 4.74 Å². The van der Waals surface area contributed by atoms with E-state index in [1.165, 1.54) is 0 Å². The highest BCUT2D eigenvalue weighted by atomic mass is 16.5. The highest BCUT2D eigenvalue weighted by Crippen LogP contribution is 2.25. The second-order valence-electron chi connectivity index (χ2n) is 9.72. The van der Waals surface area contributed by atoms with Crippen LogP contribution in [0.25, 0.3) is 0 Å². The Hall–Kier alpha value is -2.60. The fourth-order valence-electron chi connectivity index (χ4n) is 4.72. The monoisotopic (exact) mass is 439 g/mol. The van der Waals surface area contributed by atoms with E-state index in [4.69, 9.17) is 4.74 Å².